The number of amides is 1. The fourth-order valence-electron chi connectivity index (χ4n) is 3.10. The molecule has 0 aliphatic carbocycles. The highest BCUT2D eigenvalue weighted by Crippen LogP contribution is 2.41. The number of nitrogens with one attached hydrogen (secondary N) is 1. The van der Waals surface area contributed by atoms with E-state index < -0.39 is 0 Å². The second-order valence-corrected chi connectivity index (χ2v) is 7.69. The van der Waals surface area contributed by atoms with Gasteiger partial charge in [0.05, 0.1) is 45.5 Å². The van der Waals surface area contributed by atoms with E-state index >= 15 is 0 Å². The van der Waals surface area contributed by atoms with Crippen LogP contribution in [0.3, 0.4) is 0 Å². The van der Waals surface area contributed by atoms with Crippen molar-refractivity contribution in [3.8, 4) is 0 Å². The number of anilines is 1. The molecule has 1 aromatic rings. The Balaban J connectivity index is 1.54. The Morgan fingerprint density at radius 3 is 2.20 bits per heavy atom. The summed E-state index contributed by atoms with van der Waals surface area (Å²) in [5, 5.41) is 3.55. The number of ether oxygens (including phenoxy) is 2. The molecule has 2 aliphatic heterocycles. The molecule has 2 fully saturated rings. The summed E-state index contributed by atoms with van der Waals surface area (Å²) >= 11 is 24.2. The molecule has 2 aliphatic rings. The van der Waals surface area contributed by atoms with Crippen LogP contribution in [0.25, 0.3) is 0 Å². The fourth-order valence-corrected chi connectivity index (χ4v) is 4.00. The molecular weight excluding hydrogens is 410 g/mol. The van der Waals surface area contributed by atoms with E-state index in [1.54, 1.807) is 0 Å². The molecule has 138 valence electrons. The molecule has 25 heavy (non-hydrogen) atoms. The number of carbonyl (C=O) groups is 1. The van der Waals surface area contributed by atoms with Gasteiger partial charge in [-0.25, -0.2) is 0 Å². The standard InChI is InChI=1S/C16H18Cl4N2O3/c17-10-7-11(18)14(20)15(13(10)19)21-12(23)8-22-3-1-9(2-4-22)16-24-5-6-25-16/h7,9,16H,1-6,8H2,(H,21,23). The van der Waals surface area contributed by atoms with Crippen LogP contribution in [0.15, 0.2) is 6.07 Å². The minimum absolute atomic E-state index is 0.0952. The van der Waals surface area contributed by atoms with Crippen LogP contribution in [0.1, 0.15) is 12.8 Å². The first kappa shape index (κ1) is 19.5. The molecule has 1 aromatic carbocycles. The summed E-state index contributed by atoms with van der Waals surface area (Å²) in [5.74, 6) is 0.173. The van der Waals surface area contributed by atoms with Crippen LogP contribution in [0.4, 0.5) is 5.69 Å². The molecule has 2 heterocycles. The Labute approximate surface area is 166 Å². The van der Waals surface area contributed by atoms with Gasteiger partial charge in [-0.15, -0.1) is 0 Å². The van der Waals surface area contributed by atoms with E-state index in [0.717, 1.165) is 25.9 Å². The number of benzene rings is 1. The summed E-state index contributed by atoms with van der Waals surface area (Å²) in [6.07, 6.45) is 1.77. The summed E-state index contributed by atoms with van der Waals surface area (Å²) in [7, 11) is 0. The number of hydrogen-bond donors (Lipinski definition) is 1. The molecule has 2 saturated heterocycles. The third-order valence-electron chi connectivity index (χ3n) is 4.41. The Hall–Kier alpha value is -0.270. The quantitative estimate of drug-likeness (QED) is 0.726. The van der Waals surface area contributed by atoms with Crippen molar-refractivity contribution < 1.29 is 14.3 Å². The number of piperidine rings is 1. The molecule has 9 heteroatoms. The molecule has 0 atom stereocenters. The van der Waals surface area contributed by atoms with Gasteiger partial charge in [-0.1, -0.05) is 46.4 Å². The third-order valence-corrected chi connectivity index (χ3v) is 5.98. The third kappa shape index (κ3) is 4.72. The van der Waals surface area contributed by atoms with Crippen LogP contribution in [0.2, 0.25) is 20.1 Å². The lowest BCUT2D eigenvalue weighted by Gasteiger charge is -2.33. The van der Waals surface area contributed by atoms with Crippen molar-refractivity contribution in [3.63, 3.8) is 0 Å². The maximum Gasteiger partial charge on any atom is 0.238 e. The molecule has 0 saturated carbocycles. The lowest BCUT2D eigenvalue weighted by Crippen LogP contribution is -2.41. The summed E-state index contributed by atoms with van der Waals surface area (Å²) in [4.78, 5) is 14.4. The zero-order chi connectivity index (χ0) is 18.0. The first-order valence-corrected chi connectivity index (χ1v) is 9.55. The van der Waals surface area contributed by atoms with Crippen molar-refractivity contribution in [2.75, 3.05) is 38.2 Å². The minimum atomic E-state index is -0.214. The van der Waals surface area contributed by atoms with E-state index in [0.29, 0.717) is 19.1 Å². The fraction of sp³-hybridized carbons (Fsp3) is 0.562. The Kier molecular flexibility index (Phi) is 6.71. The number of rotatable bonds is 4. The molecular formula is C16H18Cl4N2O3. The molecule has 0 radical (unpaired) electrons. The predicted octanol–water partition coefficient (Wildman–Crippen LogP) is 4.32. The van der Waals surface area contributed by atoms with Crippen LogP contribution in [-0.4, -0.2) is 49.9 Å². The van der Waals surface area contributed by atoms with Gasteiger partial charge in [0.25, 0.3) is 0 Å². The second kappa shape index (κ2) is 8.61. The summed E-state index contributed by atoms with van der Waals surface area (Å²) in [5.41, 5.74) is 0.244. The van der Waals surface area contributed by atoms with E-state index in [4.69, 9.17) is 55.9 Å². The van der Waals surface area contributed by atoms with E-state index in [2.05, 4.69) is 10.2 Å². The van der Waals surface area contributed by atoms with Gasteiger partial charge in [0.15, 0.2) is 6.29 Å². The van der Waals surface area contributed by atoms with Gasteiger partial charge in [0.2, 0.25) is 5.91 Å². The minimum Gasteiger partial charge on any atom is -0.350 e. The lowest BCUT2D eigenvalue weighted by molar-refractivity contribution is -0.119. The molecule has 3 rings (SSSR count). The SMILES string of the molecule is O=C(CN1CCC(C2OCCO2)CC1)Nc1c(Cl)c(Cl)cc(Cl)c1Cl. The monoisotopic (exact) mass is 426 g/mol. The Morgan fingerprint density at radius 2 is 1.64 bits per heavy atom. The van der Waals surface area contributed by atoms with Gasteiger partial charge in [-0.2, -0.15) is 0 Å². The zero-order valence-corrected chi connectivity index (χ0v) is 16.4. The highest BCUT2D eigenvalue weighted by Gasteiger charge is 2.31. The Morgan fingerprint density at radius 1 is 1.08 bits per heavy atom. The van der Waals surface area contributed by atoms with Crippen molar-refractivity contribution in [3.05, 3.63) is 26.2 Å². The van der Waals surface area contributed by atoms with E-state index in [9.17, 15) is 4.79 Å². The highest BCUT2D eigenvalue weighted by molar-refractivity contribution is 6.50. The van der Waals surface area contributed by atoms with Crippen LogP contribution in [0.5, 0.6) is 0 Å². The maximum absolute atomic E-state index is 12.3. The van der Waals surface area contributed by atoms with E-state index in [1.165, 1.54) is 6.07 Å². The molecule has 0 bridgehead atoms. The predicted molar refractivity (Wildman–Crippen MR) is 100.0 cm³/mol. The smallest absolute Gasteiger partial charge is 0.238 e. The van der Waals surface area contributed by atoms with Crippen LogP contribution < -0.4 is 5.32 Å². The van der Waals surface area contributed by atoms with Crippen molar-refractivity contribution in [2.24, 2.45) is 5.92 Å². The highest BCUT2D eigenvalue weighted by atomic mass is 35.5. The van der Waals surface area contributed by atoms with Crippen molar-refractivity contribution in [1.82, 2.24) is 4.90 Å². The van der Waals surface area contributed by atoms with Gasteiger partial charge in [0.1, 0.15) is 0 Å². The van der Waals surface area contributed by atoms with Crippen LogP contribution in [-0.2, 0) is 14.3 Å². The molecule has 5 nitrogen and oxygen atoms in total. The number of carbonyl (C=O) groups excluding carboxylic acids is 1. The van der Waals surface area contributed by atoms with Gasteiger partial charge in [0, 0.05) is 5.92 Å². The Bertz CT molecular complexity index is 619. The number of hydrogen-bond acceptors (Lipinski definition) is 4. The van der Waals surface area contributed by atoms with Crippen molar-refractivity contribution >= 4 is 58.0 Å². The van der Waals surface area contributed by atoms with E-state index in [-0.39, 0.29) is 44.5 Å². The maximum atomic E-state index is 12.3. The largest absolute Gasteiger partial charge is 0.350 e. The summed E-state index contributed by atoms with van der Waals surface area (Å²) in [6, 6.07) is 1.45. The van der Waals surface area contributed by atoms with Gasteiger partial charge in [-0.05, 0) is 32.0 Å². The molecule has 1 amide bonds. The van der Waals surface area contributed by atoms with Gasteiger partial charge < -0.3 is 14.8 Å². The average molecular weight is 428 g/mol. The first-order valence-electron chi connectivity index (χ1n) is 8.04. The van der Waals surface area contributed by atoms with Crippen LogP contribution in [0, 0.1) is 5.92 Å². The van der Waals surface area contributed by atoms with E-state index in [1.807, 2.05) is 0 Å². The summed E-state index contributed by atoms with van der Waals surface area (Å²) < 4.78 is 11.1. The van der Waals surface area contributed by atoms with Crippen molar-refractivity contribution in [2.45, 2.75) is 19.1 Å². The second-order valence-electron chi connectivity index (χ2n) is 6.11. The number of halogens is 4. The number of likely N-dealkylation sites (tertiary alicyclic amines) is 1. The molecule has 0 spiro atoms. The zero-order valence-electron chi connectivity index (χ0n) is 13.4. The average Bonchev–Trinajstić information content (AvgIpc) is 3.12. The van der Waals surface area contributed by atoms with Gasteiger partial charge >= 0.3 is 0 Å². The van der Waals surface area contributed by atoms with Crippen molar-refractivity contribution in [1.29, 1.82) is 0 Å². The normalized spacial score (nSPS) is 20.2. The molecule has 1 N–H and O–H groups in total. The topological polar surface area (TPSA) is 50.8 Å². The summed E-state index contributed by atoms with van der Waals surface area (Å²) in [6.45, 7) is 3.18. The molecule has 0 unspecified atom stereocenters. The lowest BCUT2D eigenvalue weighted by atomic mass is 9.96. The van der Waals surface area contributed by atoms with Crippen LogP contribution >= 0.6 is 46.4 Å². The molecule has 0 aromatic heterocycles. The number of nitrogens with zero attached hydrogens (tertiary/aromatic N) is 1. The van der Waals surface area contributed by atoms with Gasteiger partial charge in [-0.3, -0.25) is 9.69 Å². The first-order chi connectivity index (χ1) is 12.0.